The summed E-state index contributed by atoms with van der Waals surface area (Å²) in [6.45, 7) is 0. The van der Waals surface area contributed by atoms with Gasteiger partial charge in [-0.15, -0.1) is 0 Å². The second kappa shape index (κ2) is 8.09. The molecule has 0 atom stereocenters. The zero-order valence-corrected chi connectivity index (χ0v) is 15.1. The van der Waals surface area contributed by atoms with Gasteiger partial charge in [0.05, 0.1) is 4.92 Å². The van der Waals surface area contributed by atoms with Crippen molar-refractivity contribution in [1.82, 2.24) is 0 Å². The number of nitrogens with zero attached hydrogens (tertiary/aromatic N) is 1. The van der Waals surface area contributed by atoms with Crippen LogP contribution < -0.4 is 22.1 Å². The van der Waals surface area contributed by atoms with Gasteiger partial charge in [-0.1, -0.05) is 0 Å². The molecule has 146 valence electrons. The molecular weight excluding hydrogens is 374 g/mol. The second-order valence-corrected chi connectivity index (χ2v) is 6.18. The number of nitro groups is 1. The fraction of sp³-hybridized carbons (Fsp3) is 0. The minimum atomic E-state index is -0.667. The van der Waals surface area contributed by atoms with E-state index in [2.05, 4.69) is 10.6 Å². The van der Waals surface area contributed by atoms with Crippen molar-refractivity contribution in [2.24, 2.45) is 0 Å². The summed E-state index contributed by atoms with van der Waals surface area (Å²) in [6, 6.07) is 16.3. The number of rotatable bonds is 5. The molecule has 0 aliphatic heterocycles. The summed E-state index contributed by atoms with van der Waals surface area (Å²) < 4.78 is 0. The van der Waals surface area contributed by atoms with Crippen molar-refractivity contribution in [3.8, 4) is 0 Å². The third-order valence-corrected chi connectivity index (χ3v) is 3.99. The average molecular weight is 391 g/mol. The third kappa shape index (κ3) is 4.86. The van der Waals surface area contributed by atoms with Crippen LogP contribution in [0.2, 0.25) is 0 Å². The predicted octanol–water partition coefficient (Wildman–Crippen LogP) is 3.26. The van der Waals surface area contributed by atoms with Gasteiger partial charge in [-0.25, -0.2) is 0 Å². The quantitative estimate of drug-likeness (QED) is 0.297. The smallest absolute Gasteiger partial charge is 0.271 e. The molecule has 2 amide bonds. The molecule has 0 heterocycles. The maximum absolute atomic E-state index is 12.5. The molecule has 0 saturated carbocycles. The highest BCUT2D eigenvalue weighted by Gasteiger charge is 2.18. The number of amides is 2. The summed E-state index contributed by atoms with van der Waals surface area (Å²) >= 11 is 0. The van der Waals surface area contributed by atoms with Crippen LogP contribution in [-0.2, 0) is 0 Å². The van der Waals surface area contributed by atoms with E-state index < -0.39 is 16.7 Å². The number of carbonyl (C=O) groups excluding carboxylic acids is 2. The number of hydrogen-bond donors (Lipinski definition) is 4. The van der Waals surface area contributed by atoms with Crippen LogP contribution in [0, 0.1) is 10.1 Å². The van der Waals surface area contributed by atoms with Gasteiger partial charge in [0.2, 0.25) is 0 Å². The van der Waals surface area contributed by atoms with E-state index in [0.717, 1.165) is 12.1 Å². The van der Waals surface area contributed by atoms with Crippen molar-refractivity contribution >= 4 is 40.3 Å². The third-order valence-electron chi connectivity index (χ3n) is 3.99. The fourth-order valence-corrected chi connectivity index (χ4v) is 2.52. The monoisotopic (exact) mass is 391 g/mol. The number of nitrogens with two attached hydrogens (primary N) is 2. The minimum Gasteiger partial charge on any atom is -0.399 e. The summed E-state index contributed by atoms with van der Waals surface area (Å²) in [5.74, 6) is -1.19. The van der Waals surface area contributed by atoms with Crippen LogP contribution in [0.5, 0.6) is 0 Å². The molecule has 3 rings (SSSR count). The Morgan fingerprint density at radius 2 is 1.10 bits per heavy atom. The Labute approximate surface area is 165 Å². The number of non-ortho nitro benzene ring substituents is 1. The molecule has 0 bridgehead atoms. The van der Waals surface area contributed by atoms with Crippen molar-refractivity contribution in [2.45, 2.75) is 0 Å². The van der Waals surface area contributed by atoms with Gasteiger partial charge in [0.25, 0.3) is 17.5 Å². The molecule has 0 unspecified atom stereocenters. The van der Waals surface area contributed by atoms with E-state index in [0.29, 0.717) is 22.7 Å². The van der Waals surface area contributed by atoms with Crippen LogP contribution in [0.4, 0.5) is 28.4 Å². The zero-order valence-electron chi connectivity index (χ0n) is 15.1. The van der Waals surface area contributed by atoms with E-state index in [1.54, 1.807) is 48.5 Å². The first kappa shape index (κ1) is 19.4. The Balaban J connectivity index is 1.87. The van der Waals surface area contributed by atoms with Crippen molar-refractivity contribution in [3.05, 3.63) is 88.0 Å². The van der Waals surface area contributed by atoms with Gasteiger partial charge >= 0.3 is 0 Å². The molecule has 6 N–H and O–H groups in total. The summed E-state index contributed by atoms with van der Waals surface area (Å²) in [4.78, 5) is 35.7. The Morgan fingerprint density at radius 1 is 0.724 bits per heavy atom. The van der Waals surface area contributed by atoms with Crippen LogP contribution >= 0.6 is 0 Å². The summed E-state index contributed by atoms with van der Waals surface area (Å²) in [5.41, 5.74) is 12.8. The highest BCUT2D eigenvalue weighted by atomic mass is 16.6. The summed E-state index contributed by atoms with van der Waals surface area (Å²) in [7, 11) is 0. The Hall–Kier alpha value is -4.40. The maximum atomic E-state index is 12.5. The van der Waals surface area contributed by atoms with Crippen LogP contribution in [-0.4, -0.2) is 16.7 Å². The summed E-state index contributed by atoms with van der Waals surface area (Å²) in [5, 5.41) is 16.5. The highest BCUT2D eigenvalue weighted by Crippen LogP contribution is 2.21. The first-order valence-electron chi connectivity index (χ1n) is 8.45. The van der Waals surface area contributed by atoms with Crippen LogP contribution in [0.15, 0.2) is 66.7 Å². The number of benzene rings is 3. The maximum Gasteiger partial charge on any atom is 0.271 e. The number of nitrogens with one attached hydrogen (secondary N) is 2. The molecule has 0 aliphatic carbocycles. The molecule has 0 saturated heterocycles. The molecule has 0 aliphatic rings. The van der Waals surface area contributed by atoms with Gasteiger partial charge in [0, 0.05) is 46.0 Å². The van der Waals surface area contributed by atoms with Gasteiger partial charge < -0.3 is 22.1 Å². The topological polar surface area (TPSA) is 153 Å². The fourth-order valence-electron chi connectivity index (χ4n) is 2.52. The van der Waals surface area contributed by atoms with Crippen molar-refractivity contribution in [2.75, 3.05) is 22.1 Å². The average Bonchev–Trinajstić information content (AvgIpc) is 2.71. The molecule has 0 fully saturated rings. The molecule has 0 radical (unpaired) electrons. The van der Waals surface area contributed by atoms with Gasteiger partial charge in [-0.3, -0.25) is 19.7 Å². The van der Waals surface area contributed by atoms with Crippen molar-refractivity contribution in [1.29, 1.82) is 0 Å². The van der Waals surface area contributed by atoms with Crippen molar-refractivity contribution in [3.63, 3.8) is 0 Å². The molecule has 3 aromatic carbocycles. The second-order valence-electron chi connectivity index (χ2n) is 6.18. The molecular formula is C20H17N5O4. The SMILES string of the molecule is Nc1ccc(NC(=O)c2cc(C(=O)Nc3ccc(N)cc3)cc([N+](=O)[O-])c2)cc1. The predicted molar refractivity (Wildman–Crippen MR) is 111 cm³/mol. The Morgan fingerprint density at radius 3 is 1.45 bits per heavy atom. The van der Waals surface area contributed by atoms with E-state index in [4.69, 9.17) is 11.5 Å². The normalized spacial score (nSPS) is 10.2. The Kier molecular flexibility index (Phi) is 5.40. The number of anilines is 4. The molecule has 9 nitrogen and oxygen atoms in total. The molecule has 0 spiro atoms. The molecule has 3 aromatic rings. The van der Waals surface area contributed by atoms with E-state index in [9.17, 15) is 19.7 Å². The van der Waals surface area contributed by atoms with Gasteiger partial charge in [0.1, 0.15) is 0 Å². The molecule has 29 heavy (non-hydrogen) atoms. The summed E-state index contributed by atoms with van der Waals surface area (Å²) in [6.07, 6.45) is 0. The van der Waals surface area contributed by atoms with E-state index >= 15 is 0 Å². The number of hydrogen-bond acceptors (Lipinski definition) is 6. The molecule has 0 aromatic heterocycles. The van der Waals surface area contributed by atoms with Gasteiger partial charge in [0.15, 0.2) is 0 Å². The standard InChI is InChI=1S/C20H17N5O4/c21-14-1-5-16(6-2-14)23-19(26)12-9-13(11-18(10-12)25(28)29)20(27)24-17-7-3-15(22)4-8-17/h1-11H,21-22H2,(H,23,26)(H,24,27). The number of nitro benzene ring substituents is 1. The zero-order chi connectivity index (χ0) is 21.0. The lowest BCUT2D eigenvalue weighted by molar-refractivity contribution is -0.384. The van der Waals surface area contributed by atoms with E-state index in [-0.39, 0.29) is 16.8 Å². The van der Waals surface area contributed by atoms with Gasteiger partial charge in [-0.05, 0) is 54.6 Å². The first-order valence-corrected chi connectivity index (χ1v) is 8.45. The van der Waals surface area contributed by atoms with Crippen LogP contribution in [0.25, 0.3) is 0 Å². The lowest BCUT2D eigenvalue weighted by Crippen LogP contribution is -2.16. The minimum absolute atomic E-state index is 0.0292. The Bertz CT molecular complexity index is 1000. The number of carbonyl (C=O) groups is 2. The largest absolute Gasteiger partial charge is 0.399 e. The van der Waals surface area contributed by atoms with Crippen LogP contribution in [0.1, 0.15) is 20.7 Å². The van der Waals surface area contributed by atoms with E-state index in [1.807, 2.05) is 0 Å². The lowest BCUT2D eigenvalue weighted by Gasteiger charge is -2.09. The lowest BCUT2D eigenvalue weighted by atomic mass is 10.1. The highest BCUT2D eigenvalue weighted by molar-refractivity contribution is 6.09. The number of nitrogen functional groups attached to an aromatic ring is 2. The van der Waals surface area contributed by atoms with Crippen molar-refractivity contribution < 1.29 is 14.5 Å². The van der Waals surface area contributed by atoms with Gasteiger partial charge in [-0.2, -0.15) is 0 Å². The van der Waals surface area contributed by atoms with Crippen LogP contribution in [0.3, 0.4) is 0 Å². The molecule has 9 heteroatoms. The first-order chi connectivity index (χ1) is 13.8. The van der Waals surface area contributed by atoms with E-state index in [1.165, 1.54) is 6.07 Å².